The molecule has 1 aromatic heterocycles. The van der Waals surface area contributed by atoms with Crippen molar-refractivity contribution in [3.8, 4) is 0 Å². The van der Waals surface area contributed by atoms with E-state index in [9.17, 15) is 9.59 Å². The number of esters is 1. The molecule has 1 saturated heterocycles. The highest BCUT2D eigenvalue weighted by Gasteiger charge is 2.24. The molecule has 2 aromatic rings. The largest absolute Gasteiger partial charge is 0.457 e. The predicted octanol–water partition coefficient (Wildman–Crippen LogP) is 1.91. The van der Waals surface area contributed by atoms with Gasteiger partial charge in [0.25, 0.3) is 5.89 Å². The number of ether oxygens (including phenoxy) is 2. The summed E-state index contributed by atoms with van der Waals surface area (Å²) in [5.41, 5.74) is 1.85. The number of hydrogen-bond acceptors (Lipinski definition) is 7. The number of amides is 2. The zero-order valence-corrected chi connectivity index (χ0v) is 13.3. The lowest BCUT2D eigenvalue weighted by Crippen LogP contribution is -2.28. The summed E-state index contributed by atoms with van der Waals surface area (Å²) < 4.78 is 15.6. The van der Waals surface area contributed by atoms with Gasteiger partial charge in [0, 0.05) is 17.9 Å². The lowest BCUT2D eigenvalue weighted by Gasteiger charge is -2.06. The number of carbonyl (C=O) groups excluding carboxylic acids is 2. The van der Waals surface area contributed by atoms with Crippen molar-refractivity contribution < 1.29 is 23.6 Å². The van der Waals surface area contributed by atoms with Gasteiger partial charge >= 0.3 is 12.0 Å². The fourth-order valence-corrected chi connectivity index (χ4v) is 2.79. The van der Waals surface area contributed by atoms with Gasteiger partial charge in [-0.1, -0.05) is 5.16 Å². The number of cyclic esters (lactones) is 1. The molecule has 0 spiro atoms. The van der Waals surface area contributed by atoms with E-state index >= 15 is 0 Å². The smallest absolute Gasteiger partial charge is 0.338 e. The van der Waals surface area contributed by atoms with Crippen LogP contribution in [0.15, 0.2) is 22.7 Å². The highest BCUT2D eigenvalue weighted by molar-refractivity contribution is 5.95. The van der Waals surface area contributed by atoms with E-state index < -0.39 is 6.03 Å². The van der Waals surface area contributed by atoms with Crippen molar-refractivity contribution in [3.63, 3.8) is 0 Å². The minimum atomic E-state index is -0.409. The molecule has 1 fully saturated rings. The van der Waals surface area contributed by atoms with Gasteiger partial charge in [-0.15, -0.1) is 0 Å². The minimum absolute atomic E-state index is 0.134. The minimum Gasteiger partial charge on any atom is -0.457 e. The Labute approximate surface area is 142 Å². The third-order valence-corrected chi connectivity index (χ3v) is 4.04. The number of aromatic nitrogens is 2. The van der Waals surface area contributed by atoms with Gasteiger partial charge in [0.05, 0.1) is 12.1 Å². The normalized spacial score (nSPS) is 18.7. The molecule has 0 saturated carbocycles. The molecule has 1 aromatic carbocycles. The molecule has 4 rings (SSSR count). The van der Waals surface area contributed by atoms with Crippen molar-refractivity contribution in [2.75, 3.05) is 11.9 Å². The summed E-state index contributed by atoms with van der Waals surface area (Å²) in [6.07, 6.45) is 1.69. The van der Waals surface area contributed by atoms with Crippen molar-refractivity contribution in [1.82, 2.24) is 15.5 Å². The van der Waals surface area contributed by atoms with Crippen LogP contribution in [0.4, 0.5) is 10.5 Å². The van der Waals surface area contributed by atoms with Crippen LogP contribution >= 0.6 is 0 Å². The Morgan fingerprint density at radius 3 is 3.12 bits per heavy atom. The molecule has 2 aliphatic rings. The molecule has 0 aliphatic carbocycles. The SMILES string of the molecule is O=C(NCc1noc([C@H]2CCCO2)n1)Nc1ccc2c(c1)COC2=O. The highest BCUT2D eigenvalue weighted by atomic mass is 16.5. The van der Waals surface area contributed by atoms with Gasteiger partial charge in [0.2, 0.25) is 0 Å². The maximum atomic E-state index is 12.0. The van der Waals surface area contributed by atoms with E-state index in [-0.39, 0.29) is 25.2 Å². The first-order valence-electron chi connectivity index (χ1n) is 7.98. The van der Waals surface area contributed by atoms with Crippen LogP contribution in [0, 0.1) is 0 Å². The fourth-order valence-electron chi connectivity index (χ4n) is 2.79. The van der Waals surface area contributed by atoms with Gasteiger partial charge in [0.1, 0.15) is 12.7 Å². The summed E-state index contributed by atoms with van der Waals surface area (Å²) in [6.45, 7) is 1.05. The van der Waals surface area contributed by atoms with Crippen molar-refractivity contribution in [2.45, 2.75) is 32.1 Å². The average Bonchev–Trinajstić information content (AvgIpc) is 3.34. The van der Waals surface area contributed by atoms with Crippen molar-refractivity contribution >= 4 is 17.7 Å². The lowest BCUT2D eigenvalue weighted by molar-refractivity contribution is 0.0535. The van der Waals surface area contributed by atoms with Gasteiger partial charge in [0.15, 0.2) is 5.82 Å². The fraction of sp³-hybridized carbons (Fsp3) is 0.375. The zero-order valence-electron chi connectivity index (χ0n) is 13.3. The molecular weight excluding hydrogens is 328 g/mol. The van der Waals surface area contributed by atoms with E-state index in [4.69, 9.17) is 14.0 Å². The van der Waals surface area contributed by atoms with Crippen molar-refractivity contribution in [1.29, 1.82) is 0 Å². The Kier molecular flexibility index (Phi) is 4.06. The summed E-state index contributed by atoms with van der Waals surface area (Å²) in [5, 5.41) is 9.18. The standard InChI is InChI=1S/C16H16N4O5/c21-15-11-4-3-10(6-9(11)8-24-15)18-16(22)17-7-13-19-14(25-20-13)12-2-1-5-23-12/h3-4,6,12H,1-2,5,7-8H2,(H2,17,18,22)/t12-/m1/s1. The van der Waals surface area contributed by atoms with E-state index in [0.717, 1.165) is 18.4 Å². The summed E-state index contributed by atoms with van der Waals surface area (Å²) in [5.74, 6) is 0.483. The summed E-state index contributed by atoms with van der Waals surface area (Å²) in [6, 6.07) is 4.58. The number of benzene rings is 1. The molecular formula is C16H16N4O5. The van der Waals surface area contributed by atoms with Crippen LogP contribution in [0.3, 0.4) is 0 Å². The van der Waals surface area contributed by atoms with E-state index in [1.165, 1.54) is 0 Å². The van der Waals surface area contributed by atoms with Gasteiger partial charge in [-0.25, -0.2) is 9.59 Å². The van der Waals surface area contributed by atoms with Crippen LogP contribution < -0.4 is 10.6 Å². The molecule has 25 heavy (non-hydrogen) atoms. The second-order valence-corrected chi connectivity index (χ2v) is 5.81. The van der Waals surface area contributed by atoms with Gasteiger partial charge in [-0.05, 0) is 31.0 Å². The van der Waals surface area contributed by atoms with E-state index in [2.05, 4.69) is 20.8 Å². The summed E-state index contributed by atoms with van der Waals surface area (Å²) >= 11 is 0. The number of urea groups is 1. The maximum absolute atomic E-state index is 12.0. The third kappa shape index (κ3) is 3.31. The van der Waals surface area contributed by atoms with Crippen LogP contribution in [-0.4, -0.2) is 28.7 Å². The molecule has 2 aliphatic heterocycles. The Bertz CT molecular complexity index is 813. The number of nitrogens with zero attached hydrogens (tertiary/aromatic N) is 2. The molecule has 0 bridgehead atoms. The predicted molar refractivity (Wildman–Crippen MR) is 83.6 cm³/mol. The molecule has 3 heterocycles. The van der Waals surface area contributed by atoms with Gasteiger partial charge < -0.3 is 24.6 Å². The number of nitrogens with one attached hydrogen (secondary N) is 2. The molecule has 9 heteroatoms. The van der Waals surface area contributed by atoms with E-state index in [0.29, 0.717) is 29.6 Å². The van der Waals surface area contributed by atoms with Gasteiger partial charge in [-0.3, -0.25) is 0 Å². The topological polar surface area (TPSA) is 116 Å². The molecule has 9 nitrogen and oxygen atoms in total. The van der Waals surface area contributed by atoms with Crippen LogP contribution in [0.1, 0.15) is 46.6 Å². The summed E-state index contributed by atoms with van der Waals surface area (Å²) in [7, 11) is 0. The number of rotatable bonds is 4. The second-order valence-electron chi connectivity index (χ2n) is 5.81. The number of hydrogen-bond donors (Lipinski definition) is 2. The first kappa shape index (κ1) is 15.6. The first-order chi connectivity index (χ1) is 12.2. The van der Waals surface area contributed by atoms with E-state index in [1.54, 1.807) is 18.2 Å². The highest BCUT2D eigenvalue weighted by Crippen LogP contribution is 2.27. The Balaban J connectivity index is 1.31. The van der Waals surface area contributed by atoms with Crippen LogP contribution in [0.25, 0.3) is 0 Å². The van der Waals surface area contributed by atoms with Crippen molar-refractivity contribution in [2.24, 2.45) is 0 Å². The lowest BCUT2D eigenvalue weighted by atomic mass is 10.1. The average molecular weight is 344 g/mol. The number of fused-ring (bicyclic) bond motifs is 1. The molecule has 1 atom stereocenters. The zero-order chi connectivity index (χ0) is 17.2. The second kappa shape index (κ2) is 6.52. The maximum Gasteiger partial charge on any atom is 0.338 e. The van der Waals surface area contributed by atoms with Crippen LogP contribution in [0.2, 0.25) is 0 Å². The number of anilines is 1. The third-order valence-electron chi connectivity index (χ3n) is 4.04. The monoisotopic (exact) mass is 344 g/mol. The first-order valence-corrected chi connectivity index (χ1v) is 7.98. The molecule has 0 radical (unpaired) electrons. The number of carbonyl (C=O) groups is 2. The van der Waals surface area contributed by atoms with Crippen molar-refractivity contribution in [3.05, 3.63) is 41.0 Å². The molecule has 0 unspecified atom stereocenters. The molecule has 2 N–H and O–H groups in total. The Morgan fingerprint density at radius 1 is 1.36 bits per heavy atom. The molecule has 130 valence electrons. The molecule has 2 amide bonds. The van der Waals surface area contributed by atoms with E-state index in [1.807, 2.05) is 0 Å². The van der Waals surface area contributed by atoms with Gasteiger partial charge in [-0.2, -0.15) is 4.98 Å². The Hall–Kier alpha value is -2.94. The van der Waals surface area contributed by atoms with Crippen LogP contribution in [0.5, 0.6) is 0 Å². The Morgan fingerprint density at radius 2 is 2.28 bits per heavy atom. The quantitative estimate of drug-likeness (QED) is 0.814. The van der Waals surface area contributed by atoms with Crippen LogP contribution in [-0.2, 0) is 22.6 Å². The summed E-state index contributed by atoms with van der Waals surface area (Å²) in [4.78, 5) is 27.6.